The Hall–Kier alpha value is -0.390. The Labute approximate surface area is 85.4 Å². The van der Waals surface area contributed by atoms with Gasteiger partial charge in [-0.3, -0.25) is 4.72 Å². The highest BCUT2D eigenvalue weighted by Gasteiger charge is 2.08. The van der Waals surface area contributed by atoms with Crippen LogP contribution in [0.3, 0.4) is 0 Å². The van der Waals surface area contributed by atoms with E-state index >= 15 is 0 Å². The molecule has 0 aromatic heterocycles. The van der Waals surface area contributed by atoms with E-state index in [1.54, 1.807) is 18.2 Å². The van der Waals surface area contributed by atoms with Crippen LogP contribution in [0.5, 0.6) is 0 Å². The zero-order chi connectivity index (χ0) is 9.90. The highest BCUT2D eigenvalue weighted by molar-refractivity contribution is 8.81. The van der Waals surface area contributed by atoms with Crippen molar-refractivity contribution in [2.45, 2.75) is 6.92 Å². The smallest absolute Gasteiger partial charge is 0.274 e. The second-order valence-corrected chi connectivity index (χ2v) is 6.56. The summed E-state index contributed by atoms with van der Waals surface area (Å²) in [5, 5.41) is 0. The largest absolute Gasteiger partial charge is 0.301 e. The zero-order valence-electron chi connectivity index (χ0n) is 6.82. The molecule has 1 aromatic rings. The Bertz CT molecular complexity index is 391. The molecule has 1 rings (SSSR count). The monoisotopic (exact) mass is 237 g/mol. The fourth-order valence-electron chi connectivity index (χ4n) is 0.869. The van der Waals surface area contributed by atoms with E-state index in [0.717, 1.165) is 5.56 Å². The number of hydrogen-bond acceptors (Lipinski definition) is 3. The van der Waals surface area contributed by atoms with Gasteiger partial charge in [-0.15, -0.1) is 0 Å². The second-order valence-electron chi connectivity index (χ2n) is 2.49. The van der Waals surface area contributed by atoms with Crippen LogP contribution in [-0.2, 0) is 9.06 Å². The number of nitrogens with one attached hydrogen (secondary N) is 1. The van der Waals surface area contributed by atoms with Gasteiger partial charge >= 0.3 is 9.06 Å². The molecule has 0 atom stereocenters. The predicted molar refractivity (Wildman–Crippen MR) is 57.2 cm³/mol. The Balaban J connectivity index is 2.87. The first-order valence-corrected chi connectivity index (χ1v) is 7.07. The highest BCUT2D eigenvalue weighted by atomic mass is 35.7. The average Bonchev–Trinajstić information content (AvgIpc) is 2.03. The first-order valence-electron chi connectivity index (χ1n) is 3.43. The third-order valence-electron chi connectivity index (χ3n) is 1.34. The van der Waals surface area contributed by atoms with E-state index in [9.17, 15) is 8.42 Å². The quantitative estimate of drug-likeness (QED) is 0.822. The Kier molecular flexibility index (Phi) is 3.47. The molecule has 0 saturated heterocycles. The van der Waals surface area contributed by atoms with Gasteiger partial charge in [0.05, 0.1) is 10.0 Å². The van der Waals surface area contributed by atoms with Crippen molar-refractivity contribution >= 4 is 35.4 Å². The number of hydrogen-bond donors (Lipinski definition) is 1. The standard InChI is InChI=1S/C7H8ClNO2S2/c1-6-3-2-4-7(5-6)9-13(10,11)12-8/h2-5,9H,1H3. The van der Waals surface area contributed by atoms with Gasteiger partial charge in [-0.1, -0.05) is 12.1 Å². The van der Waals surface area contributed by atoms with E-state index in [0.29, 0.717) is 5.69 Å². The van der Waals surface area contributed by atoms with Gasteiger partial charge in [0.2, 0.25) is 0 Å². The molecule has 0 unspecified atom stereocenters. The lowest BCUT2D eigenvalue weighted by Crippen LogP contribution is -2.05. The van der Waals surface area contributed by atoms with Gasteiger partial charge in [-0.25, -0.2) is 0 Å². The molecule has 0 heterocycles. The fourth-order valence-corrected chi connectivity index (χ4v) is 1.98. The summed E-state index contributed by atoms with van der Waals surface area (Å²) < 4.78 is 24.3. The van der Waals surface area contributed by atoms with E-state index in [1.165, 1.54) is 0 Å². The van der Waals surface area contributed by atoms with Crippen LogP contribution in [0.4, 0.5) is 5.69 Å². The molecule has 6 heteroatoms. The molecule has 0 amide bonds. The van der Waals surface area contributed by atoms with Gasteiger partial charge in [0.1, 0.15) is 0 Å². The molecule has 0 saturated carbocycles. The topological polar surface area (TPSA) is 46.2 Å². The number of anilines is 1. The summed E-state index contributed by atoms with van der Waals surface area (Å²) in [5.41, 5.74) is 1.51. The van der Waals surface area contributed by atoms with Gasteiger partial charge in [-0.05, 0) is 35.3 Å². The van der Waals surface area contributed by atoms with Gasteiger partial charge in [0, 0.05) is 5.69 Å². The molecular formula is C7H8ClNO2S2. The number of aryl methyl sites for hydroxylation is 1. The van der Waals surface area contributed by atoms with Crippen LogP contribution in [0.2, 0.25) is 0 Å². The van der Waals surface area contributed by atoms with E-state index in [4.69, 9.17) is 10.7 Å². The minimum atomic E-state index is -3.46. The fraction of sp³-hybridized carbons (Fsp3) is 0.143. The summed E-state index contributed by atoms with van der Waals surface area (Å²) in [7, 11) is 1.95. The first-order chi connectivity index (χ1) is 6.03. The summed E-state index contributed by atoms with van der Waals surface area (Å²) in [6.07, 6.45) is 0. The van der Waals surface area contributed by atoms with Crippen molar-refractivity contribution in [3.8, 4) is 0 Å². The summed E-state index contributed by atoms with van der Waals surface area (Å²) >= 11 is 0. The molecule has 13 heavy (non-hydrogen) atoms. The molecule has 0 bridgehead atoms. The Morgan fingerprint density at radius 3 is 2.69 bits per heavy atom. The van der Waals surface area contributed by atoms with E-state index in [-0.39, 0.29) is 10.0 Å². The average molecular weight is 238 g/mol. The number of benzene rings is 1. The molecule has 1 aromatic carbocycles. The van der Waals surface area contributed by atoms with Crippen LogP contribution in [0.15, 0.2) is 24.3 Å². The summed E-state index contributed by atoms with van der Waals surface area (Å²) in [5.74, 6) is 0. The van der Waals surface area contributed by atoms with Crippen molar-refractivity contribution in [2.75, 3.05) is 4.72 Å². The van der Waals surface area contributed by atoms with Crippen LogP contribution in [0.1, 0.15) is 5.56 Å². The molecule has 3 nitrogen and oxygen atoms in total. The van der Waals surface area contributed by atoms with E-state index in [1.807, 2.05) is 13.0 Å². The molecular weight excluding hydrogens is 230 g/mol. The SMILES string of the molecule is Cc1cccc(NS(=O)(=O)SCl)c1. The van der Waals surface area contributed by atoms with Gasteiger partial charge in [0.15, 0.2) is 0 Å². The Morgan fingerprint density at radius 2 is 2.15 bits per heavy atom. The third kappa shape index (κ3) is 3.46. The van der Waals surface area contributed by atoms with Gasteiger partial charge in [0.25, 0.3) is 0 Å². The maximum atomic E-state index is 11.0. The van der Waals surface area contributed by atoms with Crippen LogP contribution < -0.4 is 4.72 Å². The zero-order valence-corrected chi connectivity index (χ0v) is 9.21. The maximum absolute atomic E-state index is 11.0. The first kappa shape index (κ1) is 10.7. The van der Waals surface area contributed by atoms with Crippen molar-refractivity contribution in [2.24, 2.45) is 0 Å². The van der Waals surface area contributed by atoms with E-state index < -0.39 is 9.06 Å². The summed E-state index contributed by atoms with van der Waals surface area (Å²) in [6.45, 7) is 1.88. The van der Waals surface area contributed by atoms with Crippen LogP contribution >= 0.6 is 20.7 Å². The molecule has 0 fully saturated rings. The minimum absolute atomic E-state index is 0.261. The van der Waals surface area contributed by atoms with Crippen molar-refractivity contribution < 1.29 is 8.42 Å². The Morgan fingerprint density at radius 1 is 1.46 bits per heavy atom. The highest BCUT2D eigenvalue weighted by Crippen LogP contribution is 2.20. The summed E-state index contributed by atoms with van der Waals surface area (Å²) in [6, 6.07) is 7.04. The predicted octanol–water partition coefficient (Wildman–Crippen LogP) is 2.54. The molecule has 0 aliphatic carbocycles. The third-order valence-corrected chi connectivity index (χ3v) is 4.24. The number of rotatable bonds is 3. The lowest BCUT2D eigenvalue weighted by Gasteiger charge is -2.03. The van der Waals surface area contributed by atoms with E-state index in [2.05, 4.69) is 4.72 Å². The van der Waals surface area contributed by atoms with Gasteiger partial charge in [-0.2, -0.15) is 8.42 Å². The molecule has 72 valence electrons. The normalized spacial score (nSPS) is 11.2. The molecule has 0 aliphatic heterocycles. The maximum Gasteiger partial charge on any atom is 0.301 e. The van der Waals surface area contributed by atoms with Crippen LogP contribution in [-0.4, -0.2) is 8.42 Å². The van der Waals surface area contributed by atoms with Crippen molar-refractivity contribution in [3.05, 3.63) is 29.8 Å². The summed E-state index contributed by atoms with van der Waals surface area (Å²) in [4.78, 5) is 0. The number of halogens is 1. The van der Waals surface area contributed by atoms with Crippen molar-refractivity contribution in [3.63, 3.8) is 0 Å². The molecule has 0 spiro atoms. The molecule has 1 N–H and O–H groups in total. The lowest BCUT2D eigenvalue weighted by atomic mass is 10.2. The molecule has 0 aliphatic rings. The lowest BCUT2D eigenvalue weighted by molar-refractivity contribution is 0.615. The van der Waals surface area contributed by atoms with Gasteiger partial charge < -0.3 is 0 Å². The molecule has 0 radical (unpaired) electrons. The van der Waals surface area contributed by atoms with Crippen molar-refractivity contribution in [1.82, 2.24) is 0 Å². The van der Waals surface area contributed by atoms with Crippen LogP contribution in [0.25, 0.3) is 0 Å². The second kappa shape index (κ2) is 4.21. The van der Waals surface area contributed by atoms with Crippen LogP contribution in [0, 0.1) is 6.92 Å². The minimum Gasteiger partial charge on any atom is -0.274 e. The van der Waals surface area contributed by atoms with Crippen molar-refractivity contribution in [1.29, 1.82) is 0 Å².